The van der Waals surface area contributed by atoms with Crippen LogP contribution in [0.2, 0.25) is 0 Å². The lowest BCUT2D eigenvalue weighted by molar-refractivity contribution is 0.470. The molecule has 9 aromatic carbocycles. The summed E-state index contributed by atoms with van der Waals surface area (Å²) in [7, 11) is 3.86. The summed E-state index contributed by atoms with van der Waals surface area (Å²) < 4.78 is 0. The van der Waals surface area contributed by atoms with Gasteiger partial charge in [0.2, 0.25) is 0 Å². The summed E-state index contributed by atoms with van der Waals surface area (Å²) in [5, 5.41) is 31.9. The van der Waals surface area contributed by atoms with Crippen molar-refractivity contribution in [2.75, 3.05) is 4.90 Å². The minimum Gasteiger partial charge on any atom is -0.508 e. The largest absolute Gasteiger partial charge is 0.508 e. The molecular formula is C53H41B2NO2. The maximum Gasteiger partial charge on any atom is 0.147 e. The zero-order valence-electron chi connectivity index (χ0n) is 32.9. The Morgan fingerprint density at radius 2 is 1.12 bits per heavy atom. The van der Waals surface area contributed by atoms with Gasteiger partial charge in [0.25, 0.3) is 0 Å². The maximum atomic E-state index is 12.7. The van der Waals surface area contributed by atoms with Crippen LogP contribution in [0.3, 0.4) is 0 Å². The van der Waals surface area contributed by atoms with E-state index >= 15 is 0 Å². The van der Waals surface area contributed by atoms with E-state index in [1.165, 1.54) is 10.9 Å². The first-order chi connectivity index (χ1) is 28.4. The molecule has 10 rings (SSSR count). The van der Waals surface area contributed by atoms with Crippen LogP contribution in [0.25, 0.3) is 71.8 Å². The highest BCUT2D eigenvalue weighted by Gasteiger charge is 2.29. The number of phenols is 2. The Labute approximate surface area is 341 Å². The van der Waals surface area contributed by atoms with Crippen LogP contribution in [-0.4, -0.2) is 25.9 Å². The lowest BCUT2D eigenvalue weighted by Gasteiger charge is -2.32. The van der Waals surface area contributed by atoms with Crippen LogP contribution in [-0.2, 0) is 0 Å². The van der Waals surface area contributed by atoms with Crippen molar-refractivity contribution in [3.63, 3.8) is 0 Å². The van der Waals surface area contributed by atoms with Crippen molar-refractivity contribution < 1.29 is 10.2 Å². The number of rotatable bonds is 6. The predicted molar refractivity (Wildman–Crippen MR) is 252 cm³/mol. The van der Waals surface area contributed by atoms with E-state index in [1.807, 2.05) is 21.8 Å². The van der Waals surface area contributed by atoms with Crippen molar-refractivity contribution in [1.82, 2.24) is 0 Å². The highest BCUT2D eigenvalue weighted by molar-refractivity contribution is 6.46. The number of hydrogen-bond acceptors (Lipinski definition) is 3. The molecule has 1 unspecified atom stereocenters. The van der Waals surface area contributed by atoms with E-state index in [0.29, 0.717) is 28.1 Å². The Morgan fingerprint density at radius 3 is 1.84 bits per heavy atom. The molecule has 0 fully saturated rings. The normalized spacial score (nSPS) is 13.6. The molecule has 58 heavy (non-hydrogen) atoms. The number of phenolic OH excluding ortho intramolecular Hbond substituents is 2. The molecule has 0 aromatic heterocycles. The number of benzene rings is 9. The number of nitrogens with zero attached hydrogens (tertiary/aromatic N) is 1. The highest BCUT2D eigenvalue weighted by Crippen LogP contribution is 2.48. The van der Waals surface area contributed by atoms with Crippen LogP contribution in [0.5, 0.6) is 11.5 Å². The molecule has 1 aliphatic carbocycles. The van der Waals surface area contributed by atoms with Gasteiger partial charge in [-0.2, -0.15) is 0 Å². The predicted octanol–water partition coefficient (Wildman–Crippen LogP) is 11.1. The minimum absolute atomic E-state index is 0.131. The molecular weight excluding hydrogens is 704 g/mol. The lowest BCUT2D eigenvalue weighted by Crippen LogP contribution is -2.25. The van der Waals surface area contributed by atoms with E-state index < -0.39 is 0 Å². The second-order valence-electron chi connectivity index (χ2n) is 15.6. The molecule has 1 atom stereocenters. The molecule has 0 heterocycles. The van der Waals surface area contributed by atoms with Gasteiger partial charge in [-0.3, -0.25) is 0 Å². The first-order valence-corrected chi connectivity index (χ1v) is 20.1. The van der Waals surface area contributed by atoms with Crippen molar-refractivity contribution in [3.05, 3.63) is 181 Å². The third kappa shape index (κ3) is 5.69. The molecule has 0 aliphatic heterocycles. The van der Waals surface area contributed by atoms with E-state index in [9.17, 15) is 10.2 Å². The van der Waals surface area contributed by atoms with Crippen molar-refractivity contribution in [3.8, 4) is 44.9 Å². The smallest absolute Gasteiger partial charge is 0.147 e. The van der Waals surface area contributed by atoms with Crippen LogP contribution in [0, 0.1) is 0 Å². The molecule has 0 saturated heterocycles. The summed E-state index contributed by atoms with van der Waals surface area (Å²) in [5.41, 5.74) is 12.2. The molecule has 0 amide bonds. The quantitative estimate of drug-likeness (QED) is 0.101. The first kappa shape index (κ1) is 35.4. The van der Waals surface area contributed by atoms with Crippen LogP contribution in [0.4, 0.5) is 17.1 Å². The van der Waals surface area contributed by atoms with Crippen molar-refractivity contribution in [2.24, 2.45) is 0 Å². The van der Waals surface area contributed by atoms with Gasteiger partial charge in [0.15, 0.2) is 0 Å². The molecule has 276 valence electrons. The monoisotopic (exact) mass is 745 g/mol. The molecule has 0 saturated carbocycles. The van der Waals surface area contributed by atoms with E-state index in [1.54, 1.807) is 0 Å². The Hall–Kier alpha value is -6.97. The average molecular weight is 746 g/mol. The van der Waals surface area contributed by atoms with E-state index in [-0.39, 0.29) is 11.5 Å². The van der Waals surface area contributed by atoms with Crippen LogP contribution >= 0.6 is 0 Å². The van der Waals surface area contributed by atoms with Gasteiger partial charge in [0, 0.05) is 16.6 Å². The third-order valence-corrected chi connectivity index (χ3v) is 12.2. The minimum atomic E-state index is 0.131. The maximum absolute atomic E-state index is 12.7. The topological polar surface area (TPSA) is 43.7 Å². The Morgan fingerprint density at radius 1 is 0.534 bits per heavy atom. The highest BCUT2D eigenvalue weighted by atomic mass is 16.3. The molecule has 0 radical (unpaired) electrons. The van der Waals surface area contributed by atoms with Crippen LogP contribution < -0.4 is 15.8 Å². The second kappa shape index (κ2) is 14.2. The van der Waals surface area contributed by atoms with Gasteiger partial charge in [-0.05, 0) is 113 Å². The SMILES string of the molecule is Bc1c(O)c(N(c2ccc(-c3ccccc3-c3ccccc3)cc2)c2cc3ccccc3c3ccccc23)c(B)c(O)c1-c1cc2c(c3ccccc13)C(C)CC=C2. The summed E-state index contributed by atoms with van der Waals surface area (Å²) in [6, 6.07) is 57.4. The van der Waals surface area contributed by atoms with Gasteiger partial charge in [-0.15, -0.1) is 0 Å². The van der Waals surface area contributed by atoms with E-state index in [4.69, 9.17) is 0 Å². The molecule has 5 heteroatoms. The molecule has 1 aliphatic rings. The third-order valence-electron chi connectivity index (χ3n) is 12.2. The fourth-order valence-corrected chi connectivity index (χ4v) is 9.39. The molecule has 3 nitrogen and oxygen atoms in total. The van der Waals surface area contributed by atoms with Crippen molar-refractivity contribution in [1.29, 1.82) is 0 Å². The zero-order valence-corrected chi connectivity index (χ0v) is 32.9. The number of hydrogen-bond donors (Lipinski definition) is 2. The number of anilines is 3. The average Bonchev–Trinajstić information content (AvgIpc) is 3.27. The van der Waals surface area contributed by atoms with E-state index in [0.717, 1.165) is 78.1 Å². The van der Waals surface area contributed by atoms with Gasteiger partial charge in [-0.1, -0.05) is 159 Å². The standard InChI is InChI=1S/C53H41B2NO2/c1-32-14-13-18-36-30-45(42-23-10-12-25-44(42)47(32)36)48-49(54)53(58)51(50(55)52(48)57)56(46-31-35-17-5-6-21-40(35)41-22-9-11-24-43(41)46)37-28-26-34(27-29-37)39-20-8-7-19-38(39)33-15-3-2-4-16-33/h2-13,15-32,57-58H,14,54-55H2,1H3. The summed E-state index contributed by atoms with van der Waals surface area (Å²) in [5.74, 6) is 0.674. The number of fused-ring (bicyclic) bond motifs is 6. The van der Waals surface area contributed by atoms with Gasteiger partial charge in [-0.25, -0.2) is 0 Å². The second-order valence-corrected chi connectivity index (χ2v) is 15.6. The molecule has 2 N–H and O–H groups in total. The van der Waals surface area contributed by atoms with Crippen LogP contribution in [0.1, 0.15) is 30.4 Å². The van der Waals surface area contributed by atoms with Gasteiger partial charge < -0.3 is 15.1 Å². The van der Waals surface area contributed by atoms with Gasteiger partial charge in [0.1, 0.15) is 27.2 Å². The van der Waals surface area contributed by atoms with Gasteiger partial charge in [0.05, 0.1) is 11.4 Å². The molecule has 0 spiro atoms. The Balaban J connectivity index is 1.21. The summed E-state index contributed by atoms with van der Waals surface area (Å²) in [4.78, 5) is 2.14. The molecule has 9 aromatic rings. The number of aromatic hydroxyl groups is 2. The summed E-state index contributed by atoms with van der Waals surface area (Å²) in [6.07, 6.45) is 5.43. The van der Waals surface area contributed by atoms with Crippen molar-refractivity contribution >= 4 is 82.1 Å². The van der Waals surface area contributed by atoms with Crippen molar-refractivity contribution in [2.45, 2.75) is 19.3 Å². The Bertz CT molecular complexity index is 3070. The fourth-order valence-electron chi connectivity index (χ4n) is 9.39. The first-order valence-electron chi connectivity index (χ1n) is 20.1. The van der Waals surface area contributed by atoms with Crippen LogP contribution in [0.15, 0.2) is 170 Å². The lowest BCUT2D eigenvalue weighted by atomic mass is 9.75. The van der Waals surface area contributed by atoms with E-state index in [2.05, 4.69) is 182 Å². The zero-order chi connectivity index (χ0) is 39.5. The Kier molecular flexibility index (Phi) is 8.68. The summed E-state index contributed by atoms with van der Waals surface area (Å²) in [6.45, 7) is 2.28. The number of allylic oxidation sites excluding steroid dienone is 1. The summed E-state index contributed by atoms with van der Waals surface area (Å²) >= 11 is 0. The molecule has 0 bridgehead atoms. The fraction of sp³-hybridized carbons (Fsp3) is 0.0566. The van der Waals surface area contributed by atoms with Gasteiger partial charge >= 0.3 is 0 Å².